The maximum Gasteiger partial charge on any atom is 0.250 e. The van der Waals surface area contributed by atoms with Crippen LogP contribution in [-0.4, -0.2) is 29.5 Å². The summed E-state index contributed by atoms with van der Waals surface area (Å²) in [5.41, 5.74) is 10.4. The van der Waals surface area contributed by atoms with Crippen LogP contribution in [0.25, 0.3) is 0 Å². The van der Waals surface area contributed by atoms with Crippen molar-refractivity contribution in [1.29, 1.82) is 0 Å². The fourth-order valence-electron chi connectivity index (χ4n) is 2.35. The van der Waals surface area contributed by atoms with Crippen molar-refractivity contribution >= 4 is 28.1 Å². The minimum absolute atomic E-state index is 0.116. The SMILES string of the molecule is O=C1NNCC(N/N=C\c2cccc(OCc3ccccc3)c2)C1Br. The van der Waals surface area contributed by atoms with Crippen LogP contribution in [0.15, 0.2) is 59.7 Å². The number of hydrogen-bond acceptors (Lipinski definition) is 5. The Morgan fingerprint density at radius 2 is 2.08 bits per heavy atom. The average molecular weight is 403 g/mol. The van der Waals surface area contributed by atoms with Crippen LogP contribution in [0.2, 0.25) is 0 Å². The summed E-state index contributed by atoms with van der Waals surface area (Å²) < 4.78 is 5.81. The molecule has 0 aromatic heterocycles. The first-order valence-corrected chi connectivity index (χ1v) is 8.86. The molecule has 0 spiro atoms. The largest absolute Gasteiger partial charge is 0.489 e. The van der Waals surface area contributed by atoms with Gasteiger partial charge in [-0.15, -0.1) is 0 Å². The number of carbonyl (C=O) groups excluding carboxylic acids is 1. The second-order valence-corrected chi connectivity index (χ2v) is 6.60. The number of hydrogen-bond donors (Lipinski definition) is 3. The fraction of sp³-hybridized carbons (Fsp3) is 0.222. The highest BCUT2D eigenvalue weighted by Crippen LogP contribution is 2.14. The molecule has 130 valence electrons. The first-order chi connectivity index (χ1) is 12.2. The zero-order valence-electron chi connectivity index (χ0n) is 13.5. The van der Waals surface area contributed by atoms with E-state index < -0.39 is 0 Å². The zero-order valence-corrected chi connectivity index (χ0v) is 15.1. The number of alkyl halides is 1. The van der Waals surface area contributed by atoms with Gasteiger partial charge in [-0.2, -0.15) is 5.10 Å². The van der Waals surface area contributed by atoms with E-state index in [-0.39, 0.29) is 16.8 Å². The predicted octanol–water partition coefficient (Wildman–Crippen LogP) is 1.96. The van der Waals surface area contributed by atoms with Crippen LogP contribution in [0, 0.1) is 0 Å². The monoisotopic (exact) mass is 402 g/mol. The first-order valence-electron chi connectivity index (χ1n) is 7.94. The lowest BCUT2D eigenvalue weighted by molar-refractivity contribution is -0.123. The molecule has 0 saturated carbocycles. The summed E-state index contributed by atoms with van der Waals surface area (Å²) in [5, 5.41) is 4.23. The number of amides is 1. The van der Waals surface area contributed by atoms with Gasteiger partial charge in [-0.05, 0) is 23.3 Å². The third-order valence-electron chi connectivity index (χ3n) is 3.70. The molecule has 1 amide bonds. The van der Waals surface area contributed by atoms with E-state index in [2.05, 4.69) is 37.3 Å². The summed E-state index contributed by atoms with van der Waals surface area (Å²) >= 11 is 3.35. The molecule has 1 aliphatic heterocycles. The van der Waals surface area contributed by atoms with Gasteiger partial charge in [-0.25, -0.2) is 5.43 Å². The fourth-order valence-corrected chi connectivity index (χ4v) is 2.77. The van der Waals surface area contributed by atoms with Gasteiger partial charge in [-0.1, -0.05) is 58.4 Å². The van der Waals surface area contributed by atoms with E-state index >= 15 is 0 Å². The average Bonchev–Trinajstić information content (AvgIpc) is 2.65. The van der Waals surface area contributed by atoms with Crippen LogP contribution < -0.4 is 21.0 Å². The summed E-state index contributed by atoms with van der Waals surface area (Å²) in [6, 6.07) is 17.6. The quantitative estimate of drug-likeness (QED) is 0.392. The number of rotatable bonds is 6. The molecule has 1 fully saturated rings. The molecule has 1 saturated heterocycles. The lowest BCUT2D eigenvalue weighted by atomic mass is 10.2. The molecule has 0 radical (unpaired) electrons. The second kappa shape index (κ2) is 8.64. The summed E-state index contributed by atoms with van der Waals surface area (Å²) in [7, 11) is 0. The molecule has 1 aliphatic rings. The highest BCUT2D eigenvalue weighted by molar-refractivity contribution is 9.10. The molecule has 3 N–H and O–H groups in total. The second-order valence-electron chi connectivity index (χ2n) is 5.61. The summed E-state index contributed by atoms with van der Waals surface area (Å²) in [6.45, 7) is 1.10. The number of benzene rings is 2. The smallest absolute Gasteiger partial charge is 0.250 e. The van der Waals surface area contributed by atoms with Crippen LogP contribution in [0.5, 0.6) is 5.75 Å². The van der Waals surface area contributed by atoms with E-state index in [4.69, 9.17) is 4.74 Å². The maximum absolute atomic E-state index is 11.5. The number of halogens is 1. The highest BCUT2D eigenvalue weighted by Gasteiger charge is 2.29. The van der Waals surface area contributed by atoms with Crippen molar-refractivity contribution in [1.82, 2.24) is 16.3 Å². The molecule has 6 nitrogen and oxygen atoms in total. The minimum atomic E-state index is -0.327. The number of ether oxygens (including phenoxy) is 1. The van der Waals surface area contributed by atoms with Crippen LogP contribution in [0.3, 0.4) is 0 Å². The minimum Gasteiger partial charge on any atom is -0.489 e. The zero-order chi connectivity index (χ0) is 17.5. The van der Waals surface area contributed by atoms with Gasteiger partial charge in [0.2, 0.25) is 5.91 Å². The molecule has 7 heteroatoms. The van der Waals surface area contributed by atoms with Crippen molar-refractivity contribution in [2.75, 3.05) is 6.54 Å². The Hall–Kier alpha value is -2.38. The van der Waals surface area contributed by atoms with E-state index in [9.17, 15) is 4.79 Å². The molecule has 2 atom stereocenters. The Bertz CT molecular complexity index is 739. The predicted molar refractivity (Wildman–Crippen MR) is 101 cm³/mol. The van der Waals surface area contributed by atoms with E-state index in [1.54, 1.807) is 6.21 Å². The van der Waals surface area contributed by atoms with E-state index in [0.29, 0.717) is 13.2 Å². The van der Waals surface area contributed by atoms with E-state index in [1.165, 1.54) is 0 Å². The molecule has 0 bridgehead atoms. The molecule has 2 aromatic rings. The van der Waals surface area contributed by atoms with Crippen LogP contribution in [0.1, 0.15) is 11.1 Å². The summed E-state index contributed by atoms with van der Waals surface area (Å²) in [4.78, 5) is 11.2. The number of nitrogens with one attached hydrogen (secondary N) is 3. The van der Waals surface area contributed by atoms with Crippen molar-refractivity contribution in [2.24, 2.45) is 5.10 Å². The number of carbonyl (C=O) groups is 1. The van der Waals surface area contributed by atoms with Crippen LogP contribution >= 0.6 is 15.9 Å². The molecule has 0 aliphatic carbocycles. The summed E-state index contributed by atoms with van der Waals surface area (Å²) in [5.74, 6) is 0.667. The molecule has 1 heterocycles. The molecule has 25 heavy (non-hydrogen) atoms. The molecule has 2 unspecified atom stereocenters. The van der Waals surface area contributed by atoms with Gasteiger partial charge in [-0.3, -0.25) is 10.2 Å². The van der Waals surface area contributed by atoms with E-state index in [1.807, 2.05) is 54.6 Å². The van der Waals surface area contributed by atoms with Crippen molar-refractivity contribution in [3.63, 3.8) is 0 Å². The standard InChI is InChI=1S/C18H19BrN4O2/c19-17-16(11-21-23-18(17)24)22-20-10-14-7-4-8-15(9-14)25-12-13-5-2-1-3-6-13/h1-10,16-17,21-22H,11-12H2,(H,23,24)/b20-10-. The Balaban J connectivity index is 1.55. The molecule has 2 aromatic carbocycles. The highest BCUT2D eigenvalue weighted by atomic mass is 79.9. The van der Waals surface area contributed by atoms with Gasteiger partial charge in [0.1, 0.15) is 17.2 Å². The maximum atomic E-state index is 11.5. The first kappa shape index (κ1) is 17.4. The van der Waals surface area contributed by atoms with Gasteiger partial charge in [0, 0.05) is 6.54 Å². The van der Waals surface area contributed by atoms with E-state index in [0.717, 1.165) is 16.9 Å². The van der Waals surface area contributed by atoms with Gasteiger partial charge in [0.25, 0.3) is 0 Å². The number of nitrogens with zero attached hydrogens (tertiary/aromatic N) is 1. The molecular formula is C18H19BrN4O2. The topological polar surface area (TPSA) is 74.8 Å². The summed E-state index contributed by atoms with van der Waals surface area (Å²) in [6.07, 6.45) is 1.71. The van der Waals surface area contributed by atoms with Crippen molar-refractivity contribution in [2.45, 2.75) is 17.5 Å². The van der Waals surface area contributed by atoms with Crippen molar-refractivity contribution in [3.05, 3.63) is 65.7 Å². The van der Waals surface area contributed by atoms with Gasteiger partial charge in [0.15, 0.2) is 0 Å². The Kier molecular flexibility index (Phi) is 6.03. The van der Waals surface area contributed by atoms with Gasteiger partial charge < -0.3 is 10.2 Å². The van der Waals surface area contributed by atoms with Crippen molar-refractivity contribution < 1.29 is 9.53 Å². The van der Waals surface area contributed by atoms with Gasteiger partial charge in [0.05, 0.1) is 12.3 Å². The van der Waals surface area contributed by atoms with Crippen LogP contribution in [-0.2, 0) is 11.4 Å². The lowest BCUT2D eigenvalue weighted by Crippen LogP contribution is -2.59. The van der Waals surface area contributed by atoms with Crippen molar-refractivity contribution in [3.8, 4) is 5.75 Å². The normalized spacial score (nSPS) is 20.3. The number of hydrazine groups is 1. The molecule has 3 rings (SSSR count). The Morgan fingerprint density at radius 1 is 1.24 bits per heavy atom. The third-order valence-corrected chi connectivity index (χ3v) is 4.75. The lowest BCUT2D eigenvalue weighted by Gasteiger charge is -2.27. The Morgan fingerprint density at radius 3 is 2.92 bits per heavy atom. The Labute approximate surface area is 154 Å². The number of hydrazone groups is 1. The molecular weight excluding hydrogens is 384 g/mol. The van der Waals surface area contributed by atoms with Gasteiger partial charge >= 0.3 is 0 Å². The third kappa shape index (κ3) is 5.04. The van der Waals surface area contributed by atoms with Crippen LogP contribution in [0.4, 0.5) is 0 Å².